The summed E-state index contributed by atoms with van der Waals surface area (Å²) in [7, 11) is 0. The maximum Gasteiger partial charge on any atom is 0.306 e. The lowest BCUT2D eigenvalue weighted by atomic mass is 9.52. The Labute approximate surface area is 182 Å². The topological polar surface area (TPSA) is 43.4 Å². The van der Waals surface area contributed by atoms with E-state index in [1.807, 2.05) is 6.08 Å². The van der Waals surface area contributed by atoms with Gasteiger partial charge in [0.1, 0.15) is 6.10 Å². The number of hydrogen-bond donors (Lipinski definition) is 0. The Hall–Kier alpha value is -1.12. The summed E-state index contributed by atoms with van der Waals surface area (Å²) in [6.07, 6.45) is 19.4. The molecule has 0 unspecified atom stereocenters. The number of esters is 1. The zero-order chi connectivity index (χ0) is 20.7. The standard InChI is InChI=1S/C27H40O3/c1-27-16-15-22-21-11-9-20(28)17-19(21)8-10-23(22)24(27)12-13-25(27)30-26(29)14-7-18-5-3-2-4-6-18/h17-18,21-25H,2-16H2,1H3/t21-,22+,23+,24-,25-,27-/m0/s1. The van der Waals surface area contributed by atoms with Crippen LogP contribution in [0.3, 0.4) is 0 Å². The maximum absolute atomic E-state index is 12.7. The highest BCUT2D eigenvalue weighted by molar-refractivity contribution is 5.91. The Bertz CT molecular complexity index is 703. The third-order valence-corrected chi connectivity index (χ3v) is 9.97. The third kappa shape index (κ3) is 3.79. The van der Waals surface area contributed by atoms with Gasteiger partial charge in [0.15, 0.2) is 5.78 Å². The van der Waals surface area contributed by atoms with Crippen LogP contribution in [0.15, 0.2) is 11.6 Å². The van der Waals surface area contributed by atoms with Gasteiger partial charge in [0.25, 0.3) is 0 Å². The summed E-state index contributed by atoms with van der Waals surface area (Å²) in [6.45, 7) is 2.43. The van der Waals surface area contributed by atoms with E-state index in [0.29, 0.717) is 24.0 Å². The van der Waals surface area contributed by atoms with Crippen molar-refractivity contribution in [1.82, 2.24) is 0 Å². The largest absolute Gasteiger partial charge is 0.462 e. The van der Waals surface area contributed by atoms with Gasteiger partial charge < -0.3 is 4.74 Å². The van der Waals surface area contributed by atoms with Crippen LogP contribution >= 0.6 is 0 Å². The van der Waals surface area contributed by atoms with Gasteiger partial charge in [-0.3, -0.25) is 9.59 Å². The first-order valence-electron chi connectivity index (χ1n) is 13.0. The van der Waals surface area contributed by atoms with Crippen LogP contribution in [0.25, 0.3) is 0 Å². The van der Waals surface area contributed by atoms with E-state index in [2.05, 4.69) is 6.92 Å². The Morgan fingerprint density at radius 2 is 1.83 bits per heavy atom. The summed E-state index contributed by atoms with van der Waals surface area (Å²) in [4.78, 5) is 24.6. The number of ether oxygens (including phenoxy) is 1. The molecular weight excluding hydrogens is 372 g/mol. The van der Waals surface area contributed by atoms with E-state index in [1.165, 1.54) is 63.4 Å². The molecule has 4 fully saturated rings. The molecule has 0 aliphatic heterocycles. The lowest BCUT2D eigenvalue weighted by molar-refractivity contribution is -0.159. The fraction of sp³-hybridized carbons (Fsp3) is 0.852. The van der Waals surface area contributed by atoms with Crippen molar-refractivity contribution in [2.24, 2.45) is 35.0 Å². The number of fused-ring (bicyclic) bond motifs is 5. The smallest absolute Gasteiger partial charge is 0.306 e. The van der Waals surface area contributed by atoms with Crippen LogP contribution in [0.2, 0.25) is 0 Å². The van der Waals surface area contributed by atoms with Crippen molar-refractivity contribution in [3.63, 3.8) is 0 Å². The van der Waals surface area contributed by atoms with Gasteiger partial charge >= 0.3 is 5.97 Å². The molecule has 0 heterocycles. The fourth-order valence-electron chi connectivity index (χ4n) is 8.34. The van der Waals surface area contributed by atoms with Gasteiger partial charge in [-0.25, -0.2) is 0 Å². The van der Waals surface area contributed by atoms with Crippen LogP contribution in [0.1, 0.15) is 103 Å². The summed E-state index contributed by atoms with van der Waals surface area (Å²) in [6, 6.07) is 0. The van der Waals surface area contributed by atoms with Gasteiger partial charge in [0.2, 0.25) is 0 Å². The average Bonchev–Trinajstić information content (AvgIpc) is 3.09. The maximum atomic E-state index is 12.7. The predicted octanol–water partition coefficient (Wildman–Crippen LogP) is 6.40. The van der Waals surface area contributed by atoms with Gasteiger partial charge in [-0.2, -0.15) is 0 Å². The van der Waals surface area contributed by atoms with Crippen molar-refractivity contribution in [2.45, 2.75) is 109 Å². The molecule has 4 saturated carbocycles. The van der Waals surface area contributed by atoms with Gasteiger partial charge in [-0.1, -0.05) is 44.6 Å². The molecule has 0 aromatic rings. The molecule has 0 amide bonds. The fourth-order valence-corrected chi connectivity index (χ4v) is 8.34. The second-order valence-corrected chi connectivity index (χ2v) is 11.4. The lowest BCUT2D eigenvalue weighted by Gasteiger charge is -2.53. The minimum atomic E-state index is 0.0641. The molecule has 0 saturated heterocycles. The first-order valence-corrected chi connectivity index (χ1v) is 13.0. The number of carbonyl (C=O) groups is 2. The molecule has 3 heteroatoms. The van der Waals surface area contributed by atoms with Crippen LogP contribution in [-0.4, -0.2) is 17.9 Å². The molecule has 3 nitrogen and oxygen atoms in total. The van der Waals surface area contributed by atoms with Crippen LogP contribution in [0, 0.1) is 35.0 Å². The number of allylic oxidation sites excluding steroid dienone is 1. The van der Waals surface area contributed by atoms with Gasteiger partial charge in [0.05, 0.1) is 0 Å². The quantitative estimate of drug-likeness (QED) is 0.502. The molecule has 5 aliphatic carbocycles. The predicted molar refractivity (Wildman–Crippen MR) is 118 cm³/mol. The number of hydrogen-bond acceptors (Lipinski definition) is 3. The van der Waals surface area contributed by atoms with Crippen molar-refractivity contribution in [2.75, 3.05) is 0 Å². The van der Waals surface area contributed by atoms with Crippen LogP contribution < -0.4 is 0 Å². The molecule has 0 spiro atoms. The zero-order valence-corrected chi connectivity index (χ0v) is 18.9. The van der Waals surface area contributed by atoms with Crippen molar-refractivity contribution in [3.05, 3.63) is 11.6 Å². The van der Waals surface area contributed by atoms with Crippen molar-refractivity contribution < 1.29 is 14.3 Å². The Kier molecular flexibility index (Phi) is 5.84. The highest BCUT2D eigenvalue weighted by Gasteiger charge is 2.57. The molecule has 6 atom stereocenters. The minimum absolute atomic E-state index is 0.0641. The Morgan fingerprint density at radius 1 is 1.00 bits per heavy atom. The minimum Gasteiger partial charge on any atom is -0.462 e. The van der Waals surface area contributed by atoms with E-state index >= 15 is 0 Å². The van der Waals surface area contributed by atoms with Crippen LogP contribution in [-0.2, 0) is 14.3 Å². The Morgan fingerprint density at radius 3 is 2.67 bits per heavy atom. The van der Waals surface area contributed by atoms with E-state index < -0.39 is 0 Å². The molecule has 166 valence electrons. The molecule has 5 aliphatic rings. The summed E-state index contributed by atoms with van der Waals surface area (Å²) < 4.78 is 6.18. The molecular formula is C27H40O3. The van der Waals surface area contributed by atoms with E-state index in [9.17, 15) is 9.59 Å². The summed E-state index contributed by atoms with van der Waals surface area (Å²) in [5.74, 6) is 4.05. The van der Waals surface area contributed by atoms with E-state index in [1.54, 1.807) is 0 Å². The van der Waals surface area contributed by atoms with Crippen LogP contribution in [0.4, 0.5) is 0 Å². The second kappa shape index (κ2) is 8.43. The van der Waals surface area contributed by atoms with Gasteiger partial charge in [0, 0.05) is 18.3 Å². The van der Waals surface area contributed by atoms with Crippen molar-refractivity contribution in [1.29, 1.82) is 0 Å². The zero-order valence-electron chi connectivity index (χ0n) is 18.9. The van der Waals surface area contributed by atoms with E-state index in [4.69, 9.17) is 4.74 Å². The highest BCUT2D eigenvalue weighted by atomic mass is 16.5. The van der Waals surface area contributed by atoms with Gasteiger partial charge in [-0.05, 0) is 87.0 Å². The first kappa shape index (κ1) is 20.8. The van der Waals surface area contributed by atoms with Crippen LogP contribution in [0.5, 0.6) is 0 Å². The Balaban J connectivity index is 1.20. The molecule has 0 N–H and O–H groups in total. The lowest BCUT2D eigenvalue weighted by Crippen LogP contribution is -2.48. The third-order valence-electron chi connectivity index (χ3n) is 9.97. The number of rotatable bonds is 4. The molecule has 30 heavy (non-hydrogen) atoms. The highest BCUT2D eigenvalue weighted by Crippen LogP contribution is 2.62. The second-order valence-electron chi connectivity index (χ2n) is 11.4. The summed E-state index contributed by atoms with van der Waals surface area (Å²) in [5, 5.41) is 0. The van der Waals surface area contributed by atoms with Crippen molar-refractivity contribution >= 4 is 11.8 Å². The molecule has 0 aromatic carbocycles. The molecule has 0 aromatic heterocycles. The number of ketones is 1. The summed E-state index contributed by atoms with van der Waals surface area (Å²) in [5.41, 5.74) is 1.63. The van der Waals surface area contributed by atoms with Gasteiger partial charge in [-0.15, -0.1) is 0 Å². The normalized spacial score (nSPS) is 41.4. The molecule has 0 radical (unpaired) electrons. The van der Waals surface area contributed by atoms with E-state index in [0.717, 1.165) is 49.9 Å². The first-order chi connectivity index (χ1) is 14.5. The SMILES string of the molecule is C[C@]12CC[C@H]3[C@@H](CCC4=CC(=O)CC[C@@H]43)[C@@H]1CC[C@@H]2OC(=O)CCC1CCCCC1. The monoisotopic (exact) mass is 412 g/mol. The average molecular weight is 413 g/mol. The van der Waals surface area contributed by atoms with Crippen molar-refractivity contribution in [3.8, 4) is 0 Å². The molecule has 0 bridgehead atoms. The molecule has 5 rings (SSSR count). The van der Waals surface area contributed by atoms with E-state index in [-0.39, 0.29) is 17.5 Å². The summed E-state index contributed by atoms with van der Waals surface area (Å²) >= 11 is 0. The number of carbonyl (C=O) groups excluding carboxylic acids is 2.